The van der Waals surface area contributed by atoms with Crippen LogP contribution in [0.5, 0.6) is 5.75 Å². The summed E-state index contributed by atoms with van der Waals surface area (Å²) in [4.78, 5) is 0. The molecule has 0 aliphatic carbocycles. The minimum atomic E-state index is -0.547. The smallest absolute Gasteiger partial charge is 0.166 e. The Labute approximate surface area is 90.2 Å². The summed E-state index contributed by atoms with van der Waals surface area (Å²) in [7, 11) is 0. The van der Waals surface area contributed by atoms with Gasteiger partial charge in [0.25, 0.3) is 0 Å². The van der Waals surface area contributed by atoms with Crippen LogP contribution in [0.4, 0.5) is 8.78 Å². The number of hydrogen-bond donors (Lipinski definition) is 0. The second-order valence-electron chi connectivity index (χ2n) is 2.90. The van der Waals surface area contributed by atoms with Gasteiger partial charge in [0.1, 0.15) is 5.82 Å². The molecule has 0 radical (unpaired) electrons. The summed E-state index contributed by atoms with van der Waals surface area (Å²) in [5.41, 5.74) is 0. The van der Waals surface area contributed by atoms with Crippen molar-refractivity contribution < 1.29 is 13.5 Å². The van der Waals surface area contributed by atoms with E-state index in [0.29, 0.717) is 6.61 Å². The molecule has 78 valence electrons. The van der Waals surface area contributed by atoms with Crippen molar-refractivity contribution in [3.8, 4) is 5.75 Å². The number of hydrogen-bond acceptors (Lipinski definition) is 1. The van der Waals surface area contributed by atoms with Crippen LogP contribution in [0.3, 0.4) is 0 Å². The topological polar surface area (TPSA) is 9.23 Å². The van der Waals surface area contributed by atoms with E-state index in [1.807, 2.05) is 6.92 Å². The van der Waals surface area contributed by atoms with E-state index < -0.39 is 11.6 Å². The lowest BCUT2D eigenvalue weighted by molar-refractivity contribution is 0.292. The van der Waals surface area contributed by atoms with Gasteiger partial charge in [0.2, 0.25) is 0 Å². The zero-order chi connectivity index (χ0) is 10.6. The maximum atomic E-state index is 13.1. The first kappa shape index (κ1) is 11.4. The quantitative estimate of drug-likeness (QED) is 0.592. The molecule has 0 fully saturated rings. The van der Waals surface area contributed by atoms with Crippen LogP contribution in [0.1, 0.15) is 19.8 Å². The number of benzene rings is 1. The Morgan fingerprint density at radius 1 is 1.29 bits per heavy atom. The average Bonchev–Trinajstić information content (AvgIpc) is 2.14. The van der Waals surface area contributed by atoms with Gasteiger partial charge in [-0.05, 0) is 28.4 Å². The predicted octanol–water partition coefficient (Wildman–Crippen LogP) is 3.91. The summed E-state index contributed by atoms with van der Waals surface area (Å²) in [5.74, 6) is -1.09. The SMILES string of the molecule is CCCCOc1cc(F)c(Br)cc1F. The molecule has 0 saturated carbocycles. The molecule has 0 spiro atoms. The maximum Gasteiger partial charge on any atom is 0.166 e. The summed E-state index contributed by atoms with van der Waals surface area (Å²) < 4.78 is 31.3. The van der Waals surface area contributed by atoms with Gasteiger partial charge in [0, 0.05) is 6.07 Å². The summed E-state index contributed by atoms with van der Waals surface area (Å²) in [6.07, 6.45) is 1.79. The van der Waals surface area contributed by atoms with Gasteiger partial charge in [-0.2, -0.15) is 0 Å². The van der Waals surface area contributed by atoms with Crippen molar-refractivity contribution in [3.05, 3.63) is 28.2 Å². The molecule has 0 bridgehead atoms. The molecule has 0 unspecified atom stereocenters. The minimum Gasteiger partial charge on any atom is -0.490 e. The lowest BCUT2D eigenvalue weighted by Gasteiger charge is -2.06. The fourth-order valence-corrected chi connectivity index (χ4v) is 1.26. The van der Waals surface area contributed by atoms with Gasteiger partial charge in [-0.3, -0.25) is 0 Å². The highest BCUT2D eigenvalue weighted by Gasteiger charge is 2.08. The standard InChI is InChI=1S/C10H11BrF2O/c1-2-3-4-14-10-6-8(12)7(11)5-9(10)13/h5-6H,2-4H2,1H3. The maximum absolute atomic E-state index is 13.1. The number of halogens is 3. The Bertz CT molecular complexity index is 315. The van der Waals surface area contributed by atoms with E-state index in [2.05, 4.69) is 15.9 Å². The summed E-state index contributed by atoms with van der Waals surface area (Å²) in [6.45, 7) is 2.41. The predicted molar refractivity (Wildman–Crippen MR) is 54.5 cm³/mol. The molecular weight excluding hydrogens is 254 g/mol. The van der Waals surface area contributed by atoms with Crippen molar-refractivity contribution in [2.45, 2.75) is 19.8 Å². The van der Waals surface area contributed by atoms with Crippen LogP contribution in [0, 0.1) is 11.6 Å². The van der Waals surface area contributed by atoms with Gasteiger partial charge in [-0.1, -0.05) is 13.3 Å². The average molecular weight is 265 g/mol. The molecular formula is C10H11BrF2O. The third-order valence-corrected chi connectivity index (χ3v) is 2.34. The molecule has 0 aliphatic rings. The molecule has 0 aromatic heterocycles. The molecule has 1 nitrogen and oxygen atoms in total. The summed E-state index contributed by atoms with van der Waals surface area (Å²) >= 11 is 2.89. The molecule has 14 heavy (non-hydrogen) atoms. The number of unbranched alkanes of at least 4 members (excludes halogenated alkanes) is 1. The molecule has 0 aliphatic heterocycles. The first-order chi connectivity index (χ1) is 6.65. The Morgan fingerprint density at radius 2 is 2.00 bits per heavy atom. The molecule has 0 saturated heterocycles. The van der Waals surface area contributed by atoms with Crippen LogP contribution in [0.2, 0.25) is 0 Å². The van der Waals surface area contributed by atoms with Gasteiger partial charge in [0.05, 0.1) is 11.1 Å². The van der Waals surface area contributed by atoms with E-state index in [1.165, 1.54) is 0 Å². The second-order valence-corrected chi connectivity index (χ2v) is 3.75. The third kappa shape index (κ3) is 2.94. The molecule has 1 aromatic carbocycles. The van der Waals surface area contributed by atoms with Gasteiger partial charge >= 0.3 is 0 Å². The summed E-state index contributed by atoms with van der Waals surface area (Å²) in [5, 5.41) is 0. The van der Waals surface area contributed by atoms with Crippen molar-refractivity contribution in [2.24, 2.45) is 0 Å². The van der Waals surface area contributed by atoms with Crippen LogP contribution in [0.25, 0.3) is 0 Å². The lowest BCUT2D eigenvalue weighted by atomic mass is 10.3. The van der Waals surface area contributed by atoms with Crippen LogP contribution >= 0.6 is 15.9 Å². The molecule has 0 amide bonds. The van der Waals surface area contributed by atoms with Crippen LogP contribution < -0.4 is 4.74 Å². The highest BCUT2D eigenvalue weighted by Crippen LogP contribution is 2.25. The van der Waals surface area contributed by atoms with Crippen molar-refractivity contribution >= 4 is 15.9 Å². The highest BCUT2D eigenvalue weighted by molar-refractivity contribution is 9.10. The van der Waals surface area contributed by atoms with Gasteiger partial charge < -0.3 is 4.74 Å². The molecule has 0 heterocycles. The molecule has 0 N–H and O–H groups in total. The second kappa shape index (κ2) is 5.29. The van der Waals surface area contributed by atoms with E-state index >= 15 is 0 Å². The van der Waals surface area contributed by atoms with Crippen LogP contribution in [-0.2, 0) is 0 Å². The minimum absolute atomic E-state index is 0.0286. The van der Waals surface area contributed by atoms with Crippen molar-refractivity contribution in [1.29, 1.82) is 0 Å². The molecule has 0 atom stereocenters. The zero-order valence-corrected chi connectivity index (χ0v) is 9.40. The van der Waals surface area contributed by atoms with E-state index in [4.69, 9.17) is 4.74 Å². The van der Waals surface area contributed by atoms with E-state index in [-0.39, 0.29) is 10.2 Å². The largest absolute Gasteiger partial charge is 0.490 e. The van der Waals surface area contributed by atoms with E-state index in [1.54, 1.807) is 0 Å². The first-order valence-electron chi connectivity index (χ1n) is 4.42. The van der Waals surface area contributed by atoms with E-state index in [9.17, 15) is 8.78 Å². The normalized spacial score (nSPS) is 10.3. The lowest BCUT2D eigenvalue weighted by Crippen LogP contribution is -1.99. The Kier molecular flexibility index (Phi) is 4.32. The Morgan fingerprint density at radius 3 is 2.64 bits per heavy atom. The van der Waals surface area contributed by atoms with Gasteiger partial charge in [-0.15, -0.1) is 0 Å². The van der Waals surface area contributed by atoms with Crippen molar-refractivity contribution in [3.63, 3.8) is 0 Å². The van der Waals surface area contributed by atoms with E-state index in [0.717, 1.165) is 25.0 Å². The zero-order valence-electron chi connectivity index (χ0n) is 7.82. The van der Waals surface area contributed by atoms with Crippen LogP contribution in [0.15, 0.2) is 16.6 Å². The monoisotopic (exact) mass is 264 g/mol. The van der Waals surface area contributed by atoms with Crippen molar-refractivity contribution in [1.82, 2.24) is 0 Å². The number of rotatable bonds is 4. The van der Waals surface area contributed by atoms with Crippen LogP contribution in [-0.4, -0.2) is 6.61 Å². The molecule has 1 rings (SSSR count). The fraction of sp³-hybridized carbons (Fsp3) is 0.400. The molecule has 4 heteroatoms. The Balaban J connectivity index is 2.72. The summed E-state index contributed by atoms with van der Waals surface area (Å²) in [6, 6.07) is 2.12. The molecule has 1 aromatic rings. The Hall–Kier alpha value is -0.640. The van der Waals surface area contributed by atoms with Gasteiger partial charge in [-0.25, -0.2) is 8.78 Å². The third-order valence-electron chi connectivity index (χ3n) is 1.73. The van der Waals surface area contributed by atoms with Gasteiger partial charge in [0.15, 0.2) is 11.6 Å². The highest BCUT2D eigenvalue weighted by atomic mass is 79.9. The fourth-order valence-electron chi connectivity index (χ4n) is 0.941. The first-order valence-corrected chi connectivity index (χ1v) is 5.21. The number of ether oxygens (including phenoxy) is 1. The van der Waals surface area contributed by atoms with Crippen molar-refractivity contribution in [2.75, 3.05) is 6.61 Å².